The molecule has 19 heavy (non-hydrogen) atoms. The van der Waals surface area contributed by atoms with Gasteiger partial charge < -0.3 is 9.84 Å². The van der Waals surface area contributed by atoms with Crippen molar-refractivity contribution in [2.45, 2.75) is 31.2 Å². The molecule has 0 spiro atoms. The molecule has 106 valence electrons. The molecule has 1 fully saturated rings. The third kappa shape index (κ3) is 3.06. The highest BCUT2D eigenvalue weighted by atomic mass is 19.4. The molecule has 0 aromatic heterocycles. The SMILES string of the molecule is COC(C1CC1)C(O)c1ccc(C(F)(F)F)c(F)c1. The predicted octanol–water partition coefficient (Wildman–Crippen LogP) is 3.30. The Labute approximate surface area is 108 Å². The van der Waals surface area contributed by atoms with Crippen molar-refractivity contribution in [2.75, 3.05) is 7.11 Å². The molecular weight excluding hydrogens is 264 g/mol. The van der Waals surface area contributed by atoms with Gasteiger partial charge in [0.05, 0.1) is 11.7 Å². The topological polar surface area (TPSA) is 29.5 Å². The van der Waals surface area contributed by atoms with E-state index in [9.17, 15) is 22.7 Å². The van der Waals surface area contributed by atoms with Crippen molar-refractivity contribution >= 4 is 0 Å². The number of methoxy groups -OCH3 is 1. The second-order valence-electron chi connectivity index (χ2n) is 4.72. The van der Waals surface area contributed by atoms with Crippen molar-refractivity contribution in [3.63, 3.8) is 0 Å². The number of aliphatic hydroxyl groups excluding tert-OH is 1. The molecule has 1 aliphatic rings. The van der Waals surface area contributed by atoms with Crippen molar-refractivity contribution in [1.29, 1.82) is 0 Å². The quantitative estimate of drug-likeness (QED) is 0.856. The Hall–Kier alpha value is -1.14. The first kappa shape index (κ1) is 14.3. The first-order valence-corrected chi connectivity index (χ1v) is 5.92. The zero-order valence-electron chi connectivity index (χ0n) is 10.2. The molecule has 0 amide bonds. The summed E-state index contributed by atoms with van der Waals surface area (Å²) in [5.74, 6) is -1.19. The standard InChI is InChI=1S/C13H14F4O2/c1-19-12(7-2-3-7)11(18)8-4-5-9(10(14)6-8)13(15,16)17/h4-7,11-12,18H,2-3H2,1H3. The number of ether oxygens (including phenoxy) is 1. The summed E-state index contributed by atoms with van der Waals surface area (Å²) in [5, 5.41) is 10.0. The van der Waals surface area contributed by atoms with Gasteiger partial charge in [-0.3, -0.25) is 0 Å². The van der Waals surface area contributed by atoms with Gasteiger partial charge in [-0.25, -0.2) is 4.39 Å². The Kier molecular flexibility index (Phi) is 3.82. The molecule has 0 saturated heterocycles. The molecule has 2 unspecified atom stereocenters. The Balaban J connectivity index is 2.23. The van der Waals surface area contributed by atoms with Crippen molar-refractivity contribution < 1.29 is 27.4 Å². The van der Waals surface area contributed by atoms with Crippen molar-refractivity contribution in [1.82, 2.24) is 0 Å². The fourth-order valence-corrected chi connectivity index (χ4v) is 2.14. The lowest BCUT2D eigenvalue weighted by Gasteiger charge is -2.22. The lowest BCUT2D eigenvalue weighted by atomic mass is 9.99. The number of aliphatic hydroxyl groups is 1. The summed E-state index contributed by atoms with van der Waals surface area (Å²) in [6, 6.07) is 2.46. The first-order valence-electron chi connectivity index (χ1n) is 5.92. The molecule has 2 atom stereocenters. The van der Waals surface area contributed by atoms with Crippen LogP contribution in [0.4, 0.5) is 17.6 Å². The van der Waals surface area contributed by atoms with Crippen LogP contribution in [0.25, 0.3) is 0 Å². The van der Waals surface area contributed by atoms with Crippen LogP contribution in [-0.4, -0.2) is 18.3 Å². The van der Waals surface area contributed by atoms with Gasteiger partial charge in [0.15, 0.2) is 0 Å². The second-order valence-corrected chi connectivity index (χ2v) is 4.72. The van der Waals surface area contributed by atoms with Gasteiger partial charge in [0.1, 0.15) is 11.9 Å². The fraction of sp³-hybridized carbons (Fsp3) is 0.538. The Bertz CT molecular complexity index is 454. The highest BCUT2D eigenvalue weighted by Crippen LogP contribution is 2.40. The Morgan fingerprint density at radius 3 is 2.37 bits per heavy atom. The van der Waals surface area contributed by atoms with E-state index in [-0.39, 0.29) is 11.5 Å². The lowest BCUT2D eigenvalue weighted by Crippen LogP contribution is -2.23. The smallest absolute Gasteiger partial charge is 0.386 e. The monoisotopic (exact) mass is 278 g/mol. The van der Waals surface area contributed by atoms with E-state index in [0.29, 0.717) is 6.07 Å². The highest BCUT2D eigenvalue weighted by Gasteiger charge is 2.38. The van der Waals surface area contributed by atoms with Gasteiger partial charge in [-0.05, 0) is 36.5 Å². The third-order valence-corrected chi connectivity index (χ3v) is 3.31. The van der Waals surface area contributed by atoms with E-state index in [1.54, 1.807) is 0 Å². The molecule has 1 aromatic rings. The Morgan fingerprint density at radius 2 is 1.95 bits per heavy atom. The third-order valence-electron chi connectivity index (χ3n) is 3.31. The molecule has 6 heteroatoms. The number of rotatable bonds is 4. The van der Waals surface area contributed by atoms with E-state index in [2.05, 4.69) is 0 Å². The molecule has 0 bridgehead atoms. The van der Waals surface area contributed by atoms with E-state index in [1.165, 1.54) is 7.11 Å². The summed E-state index contributed by atoms with van der Waals surface area (Å²) in [6.45, 7) is 0. The molecule has 2 rings (SSSR count). The minimum absolute atomic E-state index is 0.101. The van der Waals surface area contributed by atoms with Gasteiger partial charge in [-0.15, -0.1) is 0 Å². The van der Waals surface area contributed by atoms with Crippen LogP contribution in [0.1, 0.15) is 30.1 Å². The van der Waals surface area contributed by atoms with Gasteiger partial charge in [0, 0.05) is 7.11 Å². The molecule has 1 N–H and O–H groups in total. The van der Waals surface area contributed by atoms with E-state index in [1.807, 2.05) is 0 Å². The minimum Gasteiger partial charge on any atom is -0.386 e. The summed E-state index contributed by atoms with van der Waals surface area (Å²) in [7, 11) is 1.42. The van der Waals surface area contributed by atoms with Crippen LogP contribution in [0.2, 0.25) is 0 Å². The summed E-state index contributed by atoms with van der Waals surface area (Å²) in [4.78, 5) is 0. The van der Waals surface area contributed by atoms with Gasteiger partial charge in [0.25, 0.3) is 0 Å². The normalized spacial score (nSPS) is 19.3. The number of alkyl halides is 3. The maximum Gasteiger partial charge on any atom is 0.419 e. The summed E-state index contributed by atoms with van der Waals surface area (Å²) in [6.07, 6.45) is -4.55. The minimum atomic E-state index is -4.73. The van der Waals surface area contributed by atoms with Crippen LogP contribution >= 0.6 is 0 Å². The molecule has 1 saturated carbocycles. The van der Waals surface area contributed by atoms with E-state index < -0.39 is 29.8 Å². The van der Waals surface area contributed by atoms with Crippen LogP contribution < -0.4 is 0 Å². The van der Waals surface area contributed by atoms with Crippen LogP contribution in [0.3, 0.4) is 0 Å². The average Bonchev–Trinajstić information content (AvgIpc) is 3.12. The number of hydrogen-bond acceptors (Lipinski definition) is 2. The predicted molar refractivity (Wildman–Crippen MR) is 59.9 cm³/mol. The van der Waals surface area contributed by atoms with E-state index in [0.717, 1.165) is 25.0 Å². The van der Waals surface area contributed by atoms with Crippen molar-refractivity contribution in [2.24, 2.45) is 5.92 Å². The fourth-order valence-electron chi connectivity index (χ4n) is 2.14. The van der Waals surface area contributed by atoms with Crippen molar-refractivity contribution in [3.05, 3.63) is 35.1 Å². The van der Waals surface area contributed by atoms with Gasteiger partial charge in [-0.1, -0.05) is 6.07 Å². The van der Waals surface area contributed by atoms with Gasteiger partial charge in [-0.2, -0.15) is 13.2 Å². The zero-order chi connectivity index (χ0) is 14.2. The first-order chi connectivity index (χ1) is 8.84. The number of benzene rings is 1. The zero-order valence-corrected chi connectivity index (χ0v) is 10.2. The summed E-state index contributed by atoms with van der Waals surface area (Å²) >= 11 is 0. The highest BCUT2D eigenvalue weighted by molar-refractivity contribution is 5.28. The average molecular weight is 278 g/mol. The van der Waals surface area contributed by atoms with Crippen LogP contribution in [0.5, 0.6) is 0 Å². The summed E-state index contributed by atoms with van der Waals surface area (Å²) < 4.78 is 55.8. The van der Waals surface area contributed by atoms with Crippen LogP contribution in [0.15, 0.2) is 18.2 Å². The maximum atomic E-state index is 13.4. The molecule has 1 aromatic carbocycles. The molecule has 2 nitrogen and oxygen atoms in total. The number of halogens is 4. The van der Waals surface area contributed by atoms with Crippen molar-refractivity contribution in [3.8, 4) is 0 Å². The molecule has 0 aliphatic heterocycles. The van der Waals surface area contributed by atoms with Crippen LogP contribution in [0, 0.1) is 11.7 Å². The molecular formula is C13H14F4O2. The molecule has 1 aliphatic carbocycles. The Morgan fingerprint density at radius 1 is 1.32 bits per heavy atom. The van der Waals surface area contributed by atoms with Gasteiger partial charge >= 0.3 is 6.18 Å². The lowest BCUT2D eigenvalue weighted by molar-refractivity contribution is -0.140. The molecule has 0 heterocycles. The number of hydrogen-bond donors (Lipinski definition) is 1. The second kappa shape index (κ2) is 5.09. The van der Waals surface area contributed by atoms with Gasteiger partial charge in [0.2, 0.25) is 0 Å². The molecule has 0 radical (unpaired) electrons. The maximum absolute atomic E-state index is 13.4. The van der Waals surface area contributed by atoms with Crippen LogP contribution in [-0.2, 0) is 10.9 Å². The summed E-state index contributed by atoms with van der Waals surface area (Å²) in [5.41, 5.74) is -1.23. The van der Waals surface area contributed by atoms with E-state index >= 15 is 0 Å². The van der Waals surface area contributed by atoms with E-state index in [4.69, 9.17) is 4.74 Å². The largest absolute Gasteiger partial charge is 0.419 e.